The highest BCUT2D eigenvalue weighted by atomic mass is 32.2. The summed E-state index contributed by atoms with van der Waals surface area (Å²) in [5.41, 5.74) is -0.996. The lowest BCUT2D eigenvalue weighted by Crippen LogP contribution is -2.56. The van der Waals surface area contributed by atoms with Gasteiger partial charge in [0.1, 0.15) is 17.7 Å². The van der Waals surface area contributed by atoms with Crippen molar-refractivity contribution in [3.8, 4) is 6.07 Å². The number of amides is 3. The summed E-state index contributed by atoms with van der Waals surface area (Å²) in [6, 6.07) is 10.1. The molecule has 13 heteroatoms. The number of nitro groups is 1. The summed E-state index contributed by atoms with van der Waals surface area (Å²) >= 11 is 0. The van der Waals surface area contributed by atoms with Gasteiger partial charge in [0.2, 0.25) is 15.9 Å². The minimum Gasteiger partial charge on any atom is -0.338 e. The molecular weight excluding hydrogens is 478 g/mol. The van der Waals surface area contributed by atoms with Crippen LogP contribution in [0.25, 0.3) is 0 Å². The number of rotatable bonds is 5. The van der Waals surface area contributed by atoms with Gasteiger partial charge in [-0.05, 0) is 25.1 Å². The van der Waals surface area contributed by atoms with Crippen LogP contribution in [0.4, 0.5) is 5.69 Å². The molecule has 0 aliphatic carbocycles. The second-order valence-electron chi connectivity index (χ2n) is 7.95. The highest BCUT2D eigenvalue weighted by Crippen LogP contribution is 2.32. The second-order valence-corrected chi connectivity index (χ2v) is 9.86. The number of benzene rings is 2. The van der Waals surface area contributed by atoms with Crippen LogP contribution in [-0.4, -0.2) is 77.4 Å². The largest absolute Gasteiger partial charge is 0.338 e. The molecule has 2 aromatic rings. The SMILES string of the molecule is CC(C(=O)N1CCN(S(=O)(=O)c2ccccc2C#N)CC1)N1C(=O)c2cccc([N+](=O)[O-])c2C1=O. The molecule has 0 bridgehead atoms. The quantitative estimate of drug-likeness (QED) is 0.335. The average Bonchev–Trinajstić information content (AvgIpc) is 3.12. The number of imide groups is 1. The average molecular weight is 497 g/mol. The van der Waals surface area contributed by atoms with Gasteiger partial charge in [0.15, 0.2) is 0 Å². The fraction of sp³-hybridized carbons (Fsp3) is 0.273. The lowest BCUT2D eigenvalue weighted by atomic mass is 10.1. The Balaban J connectivity index is 1.49. The van der Waals surface area contributed by atoms with E-state index in [2.05, 4.69) is 0 Å². The van der Waals surface area contributed by atoms with Crippen LogP contribution >= 0.6 is 0 Å². The summed E-state index contributed by atoms with van der Waals surface area (Å²) in [5.74, 6) is -2.31. The van der Waals surface area contributed by atoms with Crippen molar-refractivity contribution in [1.29, 1.82) is 5.26 Å². The van der Waals surface area contributed by atoms with Gasteiger partial charge in [-0.1, -0.05) is 18.2 Å². The van der Waals surface area contributed by atoms with Crippen LogP contribution in [-0.2, 0) is 14.8 Å². The zero-order valence-electron chi connectivity index (χ0n) is 18.4. The monoisotopic (exact) mass is 497 g/mol. The Morgan fingerprint density at radius 2 is 1.71 bits per heavy atom. The summed E-state index contributed by atoms with van der Waals surface area (Å²) < 4.78 is 27.2. The van der Waals surface area contributed by atoms with Crippen LogP contribution in [0.3, 0.4) is 0 Å². The summed E-state index contributed by atoms with van der Waals surface area (Å²) in [4.78, 5) is 51.3. The van der Waals surface area contributed by atoms with Crippen LogP contribution < -0.4 is 0 Å². The van der Waals surface area contributed by atoms with Gasteiger partial charge in [-0.2, -0.15) is 9.57 Å². The fourth-order valence-corrected chi connectivity index (χ4v) is 5.80. The zero-order valence-corrected chi connectivity index (χ0v) is 19.3. The third-order valence-electron chi connectivity index (χ3n) is 6.04. The molecule has 4 rings (SSSR count). The molecule has 2 heterocycles. The van der Waals surface area contributed by atoms with Gasteiger partial charge in [-0.3, -0.25) is 29.4 Å². The van der Waals surface area contributed by atoms with Crippen LogP contribution in [0.2, 0.25) is 0 Å². The molecule has 2 aromatic carbocycles. The molecule has 1 unspecified atom stereocenters. The Bertz CT molecular complexity index is 1410. The summed E-state index contributed by atoms with van der Waals surface area (Å²) in [6.45, 7) is 1.26. The Hall–Kier alpha value is -4.15. The molecule has 2 aliphatic heterocycles. The summed E-state index contributed by atoms with van der Waals surface area (Å²) in [7, 11) is -3.97. The van der Waals surface area contributed by atoms with Gasteiger partial charge in [0.05, 0.1) is 20.9 Å². The van der Waals surface area contributed by atoms with Crippen LogP contribution in [0.5, 0.6) is 0 Å². The standard InChI is InChI=1S/C22H19N5O7S/c1-14(26-21(29)16-6-4-7-17(27(31)32)19(16)22(26)30)20(28)24-9-11-25(12-10-24)35(33,34)18-8-3-2-5-15(18)13-23/h2-8,14H,9-12H2,1H3. The molecule has 0 aromatic heterocycles. The third-order valence-corrected chi connectivity index (χ3v) is 8.00. The van der Waals surface area contributed by atoms with Gasteiger partial charge >= 0.3 is 0 Å². The number of piperazine rings is 1. The number of fused-ring (bicyclic) bond motifs is 1. The molecular formula is C22H19N5O7S. The van der Waals surface area contributed by atoms with E-state index in [1.807, 2.05) is 6.07 Å². The molecule has 3 amide bonds. The fourth-order valence-electron chi connectivity index (χ4n) is 4.24. The summed E-state index contributed by atoms with van der Waals surface area (Å²) in [6.07, 6.45) is 0. The van der Waals surface area contributed by atoms with E-state index in [1.165, 1.54) is 46.5 Å². The van der Waals surface area contributed by atoms with Crippen LogP contribution in [0.1, 0.15) is 33.2 Å². The van der Waals surface area contributed by atoms with Crippen molar-refractivity contribution in [2.24, 2.45) is 0 Å². The molecule has 180 valence electrons. The predicted octanol–water partition coefficient (Wildman–Crippen LogP) is 0.984. The van der Waals surface area contributed by atoms with Crippen LogP contribution in [0.15, 0.2) is 47.4 Å². The Kier molecular flexibility index (Phi) is 6.10. The van der Waals surface area contributed by atoms with Gasteiger partial charge in [-0.15, -0.1) is 0 Å². The smallest absolute Gasteiger partial charge is 0.282 e. The van der Waals surface area contributed by atoms with Crippen LogP contribution in [0, 0.1) is 21.4 Å². The van der Waals surface area contributed by atoms with E-state index >= 15 is 0 Å². The van der Waals surface area contributed by atoms with E-state index in [0.29, 0.717) is 4.90 Å². The molecule has 1 atom stereocenters. The number of sulfonamides is 1. The normalized spacial score (nSPS) is 17.1. The van der Waals surface area contributed by atoms with E-state index in [4.69, 9.17) is 0 Å². The van der Waals surface area contributed by atoms with Crippen molar-refractivity contribution in [3.63, 3.8) is 0 Å². The topological polar surface area (TPSA) is 162 Å². The van der Waals surface area contributed by atoms with E-state index in [0.717, 1.165) is 6.07 Å². The van der Waals surface area contributed by atoms with Crippen molar-refractivity contribution in [1.82, 2.24) is 14.1 Å². The molecule has 1 fully saturated rings. The number of nitrogens with zero attached hydrogens (tertiary/aromatic N) is 5. The molecule has 1 saturated heterocycles. The van der Waals surface area contributed by atoms with Gasteiger partial charge in [0.25, 0.3) is 17.5 Å². The van der Waals surface area contributed by atoms with E-state index in [-0.39, 0.29) is 47.8 Å². The number of hydrogen-bond acceptors (Lipinski definition) is 8. The maximum Gasteiger partial charge on any atom is 0.282 e. The third kappa shape index (κ3) is 3.92. The van der Waals surface area contributed by atoms with E-state index in [9.17, 15) is 38.2 Å². The Labute approximate surface area is 200 Å². The number of carbonyl (C=O) groups is 3. The molecule has 12 nitrogen and oxygen atoms in total. The number of hydrogen-bond donors (Lipinski definition) is 0. The second kappa shape index (κ2) is 8.90. The van der Waals surface area contributed by atoms with Crippen molar-refractivity contribution in [3.05, 3.63) is 69.3 Å². The molecule has 2 aliphatic rings. The van der Waals surface area contributed by atoms with Gasteiger partial charge in [-0.25, -0.2) is 8.42 Å². The number of nitro benzene ring substituents is 1. The maximum absolute atomic E-state index is 13.1. The van der Waals surface area contributed by atoms with E-state index < -0.39 is 44.4 Å². The molecule has 0 N–H and O–H groups in total. The minimum absolute atomic E-state index is 0.000437. The molecule has 35 heavy (non-hydrogen) atoms. The lowest BCUT2D eigenvalue weighted by molar-refractivity contribution is -0.385. The molecule has 0 spiro atoms. The molecule has 0 radical (unpaired) electrons. The summed E-state index contributed by atoms with van der Waals surface area (Å²) in [5, 5.41) is 20.5. The lowest BCUT2D eigenvalue weighted by Gasteiger charge is -2.36. The highest BCUT2D eigenvalue weighted by Gasteiger charge is 2.46. The Morgan fingerprint density at radius 1 is 1.06 bits per heavy atom. The van der Waals surface area contributed by atoms with Gasteiger partial charge < -0.3 is 4.90 Å². The Morgan fingerprint density at radius 3 is 2.34 bits per heavy atom. The van der Waals surface area contributed by atoms with Crippen molar-refractivity contribution < 1.29 is 27.7 Å². The zero-order chi connectivity index (χ0) is 25.5. The molecule has 0 saturated carbocycles. The van der Waals surface area contributed by atoms with Crippen molar-refractivity contribution in [2.45, 2.75) is 17.9 Å². The first-order valence-electron chi connectivity index (χ1n) is 10.5. The van der Waals surface area contributed by atoms with Crippen molar-refractivity contribution in [2.75, 3.05) is 26.2 Å². The maximum atomic E-state index is 13.1. The highest BCUT2D eigenvalue weighted by molar-refractivity contribution is 7.89. The van der Waals surface area contributed by atoms with Crippen molar-refractivity contribution >= 4 is 33.4 Å². The first kappa shape index (κ1) is 24.0. The minimum atomic E-state index is -3.97. The predicted molar refractivity (Wildman–Crippen MR) is 120 cm³/mol. The number of carbonyl (C=O) groups excluding carboxylic acids is 3. The number of nitriles is 1. The van der Waals surface area contributed by atoms with Gasteiger partial charge in [0, 0.05) is 32.2 Å². The first-order valence-corrected chi connectivity index (χ1v) is 12.0. The van der Waals surface area contributed by atoms with E-state index in [1.54, 1.807) is 6.07 Å². The first-order chi connectivity index (χ1) is 16.6.